The Labute approximate surface area is 104 Å². The zero-order valence-electron chi connectivity index (χ0n) is 9.46. The number of nitrogens with zero attached hydrogens (tertiary/aromatic N) is 1. The monoisotopic (exact) mass is 238 g/mol. The van der Waals surface area contributed by atoms with E-state index in [4.69, 9.17) is 5.73 Å². The van der Waals surface area contributed by atoms with Gasteiger partial charge in [0.25, 0.3) is 5.69 Å². The number of nitro groups is 1. The first kappa shape index (κ1) is 11.7. The van der Waals surface area contributed by atoms with Gasteiger partial charge in [0.2, 0.25) is 0 Å². The van der Waals surface area contributed by atoms with Gasteiger partial charge in [-0.25, -0.2) is 0 Å². The van der Waals surface area contributed by atoms with Gasteiger partial charge >= 0.3 is 0 Å². The Morgan fingerprint density at radius 1 is 1.00 bits per heavy atom. The van der Waals surface area contributed by atoms with E-state index in [2.05, 4.69) is 11.8 Å². The van der Waals surface area contributed by atoms with Gasteiger partial charge < -0.3 is 5.73 Å². The van der Waals surface area contributed by atoms with Crippen LogP contribution in [0.2, 0.25) is 0 Å². The average Bonchev–Trinajstić information content (AvgIpc) is 2.38. The number of nitrogen functional groups attached to an aromatic ring is 1. The summed E-state index contributed by atoms with van der Waals surface area (Å²) < 4.78 is 0. The molecule has 0 spiro atoms. The van der Waals surface area contributed by atoms with E-state index >= 15 is 0 Å². The molecule has 0 saturated heterocycles. The molecule has 0 aromatic heterocycles. The maximum absolute atomic E-state index is 10.8. The van der Waals surface area contributed by atoms with Crippen LogP contribution in [0.3, 0.4) is 0 Å². The molecule has 2 aromatic rings. The largest absolute Gasteiger partial charge is 0.399 e. The number of para-hydroxylation sites is 1. The summed E-state index contributed by atoms with van der Waals surface area (Å²) in [5.41, 5.74) is 7.40. The quantitative estimate of drug-likeness (QED) is 0.359. The van der Waals surface area contributed by atoms with E-state index in [0.717, 1.165) is 5.56 Å². The summed E-state index contributed by atoms with van der Waals surface area (Å²) in [4.78, 5) is 10.4. The van der Waals surface area contributed by atoms with Crippen LogP contribution in [-0.4, -0.2) is 4.92 Å². The maximum Gasteiger partial charge on any atom is 0.284 e. The Morgan fingerprint density at radius 2 is 1.67 bits per heavy atom. The van der Waals surface area contributed by atoms with Crippen molar-refractivity contribution in [3.63, 3.8) is 0 Å². The third-order valence-electron chi connectivity index (χ3n) is 2.35. The van der Waals surface area contributed by atoms with Gasteiger partial charge in [0.1, 0.15) is 5.56 Å². The van der Waals surface area contributed by atoms with Crippen molar-refractivity contribution in [3.05, 3.63) is 69.8 Å². The molecule has 4 heteroatoms. The fourth-order valence-electron chi connectivity index (χ4n) is 1.44. The molecule has 18 heavy (non-hydrogen) atoms. The molecule has 0 radical (unpaired) electrons. The average molecular weight is 238 g/mol. The lowest BCUT2D eigenvalue weighted by Gasteiger charge is -1.94. The van der Waals surface area contributed by atoms with E-state index in [-0.39, 0.29) is 5.69 Å². The van der Waals surface area contributed by atoms with Gasteiger partial charge in [0.05, 0.1) is 4.92 Å². The van der Waals surface area contributed by atoms with Crippen molar-refractivity contribution in [2.24, 2.45) is 0 Å². The Hall–Kier alpha value is -2.80. The first-order valence-corrected chi connectivity index (χ1v) is 5.28. The van der Waals surface area contributed by atoms with E-state index < -0.39 is 4.92 Å². The summed E-state index contributed by atoms with van der Waals surface area (Å²) in [6.45, 7) is 0. The van der Waals surface area contributed by atoms with Crippen molar-refractivity contribution in [1.82, 2.24) is 0 Å². The van der Waals surface area contributed by atoms with E-state index in [0.29, 0.717) is 11.3 Å². The molecule has 0 aliphatic carbocycles. The van der Waals surface area contributed by atoms with Crippen LogP contribution in [0.1, 0.15) is 11.1 Å². The number of benzene rings is 2. The molecule has 2 aromatic carbocycles. The van der Waals surface area contributed by atoms with Gasteiger partial charge in [-0.1, -0.05) is 24.0 Å². The molecule has 0 bridgehead atoms. The fourth-order valence-corrected chi connectivity index (χ4v) is 1.44. The molecule has 4 nitrogen and oxygen atoms in total. The van der Waals surface area contributed by atoms with Crippen LogP contribution in [0.4, 0.5) is 11.4 Å². The Kier molecular flexibility index (Phi) is 3.26. The van der Waals surface area contributed by atoms with Crippen molar-refractivity contribution in [1.29, 1.82) is 0 Å². The van der Waals surface area contributed by atoms with Crippen LogP contribution < -0.4 is 5.73 Å². The second kappa shape index (κ2) is 5.02. The summed E-state index contributed by atoms with van der Waals surface area (Å²) in [5.74, 6) is 5.67. The topological polar surface area (TPSA) is 69.2 Å². The zero-order valence-corrected chi connectivity index (χ0v) is 9.46. The summed E-state index contributed by atoms with van der Waals surface area (Å²) >= 11 is 0. The van der Waals surface area contributed by atoms with E-state index in [1.54, 1.807) is 42.5 Å². The highest BCUT2D eigenvalue weighted by Gasteiger charge is 2.09. The summed E-state index contributed by atoms with van der Waals surface area (Å²) in [6, 6.07) is 13.4. The summed E-state index contributed by atoms with van der Waals surface area (Å²) in [6.07, 6.45) is 0. The van der Waals surface area contributed by atoms with Crippen molar-refractivity contribution >= 4 is 11.4 Å². The molecular formula is C14H10N2O2. The number of hydrogen-bond donors (Lipinski definition) is 1. The lowest BCUT2D eigenvalue weighted by atomic mass is 10.1. The van der Waals surface area contributed by atoms with E-state index in [9.17, 15) is 10.1 Å². The number of rotatable bonds is 1. The second-order valence-electron chi connectivity index (χ2n) is 3.65. The molecule has 0 heterocycles. The first-order valence-electron chi connectivity index (χ1n) is 5.28. The molecule has 0 aliphatic rings. The zero-order chi connectivity index (χ0) is 13.0. The van der Waals surface area contributed by atoms with Crippen LogP contribution in [0.25, 0.3) is 0 Å². The van der Waals surface area contributed by atoms with Gasteiger partial charge in [-0.2, -0.15) is 0 Å². The van der Waals surface area contributed by atoms with Crippen LogP contribution >= 0.6 is 0 Å². The lowest BCUT2D eigenvalue weighted by molar-refractivity contribution is -0.385. The molecule has 0 amide bonds. The smallest absolute Gasteiger partial charge is 0.284 e. The van der Waals surface area contributed by atoms with Crippen molar-refractivity contribution in [3.8, 4) is 11.8 Å². The minimum Gasteiger partial charge on any atom is -0.399 e. The molecule has 2 rings (SSSR count). The SMILES string of the molecule is Nc1ccc(C#Cc2ccccc2[N+](=O)[O-])cc1. The predicted octanol–water partition coefficient (Wildman–Crippen LogP) is 2.58. The Balaban J connectivity index is 2.35. The Bertz CT molecular complexity index is 637. The normalized spacial score (nSPS) is 9.33. The number of nitrogens with two attached hydrogens (primary N) is 1. The second-order valence-corrected chi connectivity index (χ2v) is 3.65. The van der Waals surface area contributed by atoms with Crippen LogP contribution in [0.5, 0.6) is 0 Å². The molecule has 0 atom stereocenters. The Morgan fingerprint density at radius 3 is 2.33 bits per heavy atom. The number of anilines is 1. The van der Waals surface area contributed by atoms with Crippen LogP contribution in [0.15, 0.2) is 48.5 Å². The predicted molar refractivity (Wildman–Crippen MR) is 69.9 cm³/mol. The molecule has 0 saturated carbocycles. The van der Waals surface area contributed by atoms with Crippen molar-refractivity contribution in [2.45, 2.75) is 0 Å². The third kappa shape index (κ3) is 2.66. The first-order chi connectivity index (χ1) is 8.66. The molecule has 2 N–H and O–H groups in total. The van der Waals surface area contributed by atoms with Gasteiger partial charge in [-0.3, -0.25) is 10.1 Å². The lowest BCUT2D eigenvalue weighted by Crippen LogP contribution is -1.91. The fraction of sp³-hybridized carbons (Fsp3) is 0. The number of hydrogen-bond acceptors (Lipinski definition) is 3. The van der Waals surface area contributed by atoms with Gasteiger partial charge in [0.15, 0.2) is 0 Å². The van der Waals surface area contributed by atoms with Gasteiger partial charge in [-0.15, -0.1) is 0 Å². The van der Waals surface area contributed by atoms with Gasteiger partial charge in [-0.05, 0) is 30.3 Å². The van der Waals surface area contributed by atoms with E-state index in [1.165, 1.54) is 6.07 Å². The summed E-state index contributed by atoms with van der Waals surface area (Å²) in [5, 5.41) is 10.8. The van der Waals surface area contributed by atoms with Crippen molar-refractivity contribution in [2.75, 3.05) is 5.73 Å². The highest BCUT2D eigenvalue weighted by Crippen LogP contribution is 2.16. The molecule has 0 fully saturated rings. The molecule has 88 valence electrons. The molecular weight excluding hydrogens is 228 g/mol. The van der Waals surface area contributed by atoms with Gasteiger partial charge in [0, 0.05) is 17.3 Å². The number of nitro benzene ring substituents is 1. The van der Waals surface area contributed by atoms with E-state index in [1.807, 2.05) is 0 Å². The minimum atomic E-state index is -0.438. The summed E-state index contributed by atoms with van der Waals surface area (Å²) in [7, 11) is 0. The van der Waals surface area contributed by atoms with Crippen molar-refractivity contribution < 1.29 is 4.92 Å². The third-order valence-corrected chi connectivity index (χ3v) is 2.35. The highest BCUT2D eigenvalue weighted by molar-refractivity contribution is 5.54. The minimum absolute atomic E-state index is 0.0143. The van der Waals surface area contributed by atoms with Crippen LogP contribution in [0, 0.1) is 22.0 Å². The molecule has 0 unspecified atom stereocenters. The standard InChI is InChI=1S/C14H10N2O2/c15-13-9-6-11(7-10-13)5-8-12-3-1-2-4-14(12)16(17)18/h1-4,6-7,9-10H,15H2. The molecule has 0 aliphatic heterocycles. The highest BCUT2D eigenvalue weighted by atomic mass is 16.6. The maximum atomic E-state index is 10.8. The van der Waals surface area contributed by atoms with Crippen LogP contribution in [-0.2, 0) is 0 Å².